The first-order valence-corrected chi connectivity index (χ1v) is 6.49. The van der Waals surface area contributed by atoms with Gasteiger partial charge in [-0.15, -0.1) is 0 Å². The van der Waals surface area contributed by atoms with Crippen LogP contribution in [0.1, 0.15) is 11.5 Å². The van der Waals surface area contributed by atoms with Crippen molar-refractivity contribution >= 4 is 28.6 Å². The summed E-state index contributed by atoms with van der Waals surface area (Å²) in [4.78, 5) is 22.3. The van der Waals surface area contributed by atoms with Crippen molar-refractivity contribution in [2.24, 2.45) is 5.10 Å². The highest BCUT2D eigenvalue weighted by atomic mass is 16.2. The van der Waals surface area contributed by atoms with E-state index >= 15 is 0 Å². The molecular weight excluding hydrogens is 266 g/mol. The summed E-state index contributed by atoms with van der Waals surface area (Å²) in [5.74, 6) is 0.329. The van der Waals surface area contributed by atoms with Crippen LogP contribution in [0.3, 0.4) is 0 Å². The van der Waals surface area contributed by atoms with E-state index in [-0.39, 0.29) is 5.91 Å². The number of nitrogens with one attached hydrogen (secondary N) is 3. The Hall–Kier alpha value is -3.15. The van der Waals surface area contributed by atoms with Gasteiger partial charge in [0.05, 0.1) is 5.57 Å². The molecule has 4 rings (SSSR count). The third-order valence-corrected chi connectivity index (χ3v) is 3.34. The zero-order valence-corrected chi connectivity index (χ0v) is 10.9. The summed E-state index contributed by atoms with van der Waals surface area (Å²) in [7, 11) is 0. The van der Waals surface area contributed by atoms with Gasteiger partial charge in [0.1, 0.15) is 5.71 Å². The number of imidazole rings is 1. The average molecular weight is 277 g/mol. The van der Waals surface area contributed by atoms with Crippen LogP contribution in [0.15, 0.2) is 53.4 Å². The fraction of sp³-hybridized carbons (Fsp3) is 0. The number of nitrogens with zero attached hydrogens (tertiary/aromatic N) is 2. The molecule has 21 heavy (non-hydrogen) atoms. The first kappa shape index (κ1) is 11.7. The first-order chi connectivity index (χ1) is 10.3. The molecule has 0 atom stereocenters. The van der Waals surface area contributed by atoms with Crippen molar-refractivity contribution in [1.82, 2.24) is 20.4 Å². The summed E-state index contributed by atoms with van der Waals surface area (Å²) >= 11 is 0. The van der Waals surface area contributed by atoms with E-state index in [1.165, 1.54) is 0 Å². The molecule has 0 saturated heterocycles. The van der Waals surface area contributed by atoms with E-state index in [0.717, 1.165) is 16.6 Å². The topological polar surface area (TPSA) is 85.9 Å². The van der Waals surface area contributed by atoms with E-state index in [2.05, 4.69) is 25.5 Å². The van der Waals surface area contributed by atoms with Crippen LogP contribution in [-0.2, 0) is 4.79 Å². The van der Waals surface area contributed by atoms with Crippen LogP contribution in [0.4, 0.5) is 0 Å². The highest BCUT2D eigenvalue weighted by Gasteiger charge is 2.25. The van der Waals surface area contributed by atoms with E-state index < -0.39 is 0 Å². The predicted molar refractivity (Wildman–Crippen MR) is 79.5 cm³/mol. The van der Waals surface area contributed by atoms with E-state index in [4.69, 9.17) is 0 Å². The fourth-order valence-corrected chi connectivity index (χ4v) is 2.37. The van der Waals surface area contributed by atoms with Crippen molar-refractivity contribution in [2.45, 2.75) is 0 Å². The quantitative estimate of drug-likeness (QED) is 0.624. The van der Waals surface area contributed by atoms with E-state index in [1.54, 1.807) is 18.5 Å². The number of H-pyrrole nitrogens is 2. The minimum absolute atomic E-state index is 0.236. The van der Waals surface area contributed by atoms with Gasteiger partial charge in [0.2, 0.25) is 0 Å². The molecule has 102 valence electrons. The summed E-state index contributed by atoms with van der Waals surface area (Å²) < 4.78 is 0. The standard InChI is InChI=1S/C15H11N5O/c21-15-11(13(19-20-15)14-16-5-6-17-14)8-10-7-9-3-1-2-4-12(9)18-10/h1-8,18H,(H,16,17)(H,20,21). The highest BCUT2D eigenvalue weighted by molar-refractivity contribution is 6.32. The Labute approximate surface area is 119 Å². The number of hydrogen-bond acceptors (Lipinski definition) is 3. The molecule has 3 N–H and O–H groups in total. The Morgan fingerprint density at radius 1 is 1.19 bits per heavy atom. The smallest absolute Gasteiger partial charge is 0.273 e. The SMILES string of the molecule is O=C1NN=C(c2ncc[nH]2)C1=Cc1cc2ccccc2[nH]1. The van der Waals surface area contributed by atoms with Gasteiger partial charge < -0.3 is 9.97 Å². The molecule has 0 radical (unpaired) electrons. The number of carbonyl (C=O) groups excluding carboxylic acids is 1. The lowest BCUT2D eigenvalue weighted by atomic mass is 10.1. The summed E-state index contributed by atoms with van der Waals surface area (Å²) in [6.45, 7) is 0. The molecule has 6 heteroatoms. The van der Waals surface area contributed by atoms with E-state index in [9.17, 15) is 4.79 Å². The number of rotatable bonds is 2. The number of hydrazone groups is 1. The maximum absolute atomic E-state index is 11.9. The molecule has 3 aromatic rings. The number of hydrogen-bond donors (Lipinski definition) is 3. The van der Waals surface area contributed by atoms with Gasteiger partial charge in [-0.1, -0.05) is 18.2 Å². The summed E-state index contributed by atoms with van der Waals surface area (Å²) in [6.07, 6.45) is 5.10. The van der Waals surface area contributed by atoms with Crippen molar-refractivity contribution in [3.05, 3.63) is 59.8 Å². The summed E-state index contributed by atoms with van der Waals surface area (Å²) in [5.41, 5.74) is 5.35. The van der Waals surface area contributed by atoms with Crippen LogP contribution in [-0.4, -0.2) is 26.6 Å². The van der Waals surface area contributed by atoms with Gasteiger partial charge in [0.25, 0.3) is 5.91 Å². The number of amides is 1. The lowest BCUT2D eigenvalue weighted by Gasteiger charge is -1.96. The normalized spacial score (nSPS) is 16.5. The van der Waals surface area contributed by atoms with Gasteiger partial charge in [0, 0.05) is 23.6 Å². The van der Waals surface area contributed by atoms with Gasteiger partial charge in [-0.2, -0.15) is 5.10 Å². The predicted octanol–water partition coefficient (Wildman–Crippen LogP) is 1.81. The molecule has 1 amide bonds. The molecule has 0 unspecified atom stereocenters. The van der Waals surface area contributed by atoms with Crippen molar-refractivity contribution in [2.75, 3.05) is 0 Å². The second-order valence-electron chi connectivity index (χ2n) is 4.71. The van der Waals surface area contributed by atoms with Gasteiger partial charge in [-0.25, -0.2) is 10.4 Å². The molecule has 6 nitrogen and oxygen atoms in total. The average Bonchev–Trinajstić information content (AvgIpc) is 3.19. The van der Waals surface area contributed by atoms with Crippen LogP contribution in [0.5, 0.6) is 0 Å². The first-order valence-electron chi connectivity index (χ1n) is 6.49. The van der Waals surface area contributed by atoms with Crippen LogP contribution in [0, 0.1) is 0 Å². The molecule has 2 aromatic heterocycles. The Kier molecular flexibility index (Phi) is 2.47. The zero-order valence-electron chi connectivity index (χ0n) is 10.9. The van der Waals surface area contributed by atoms with Gasteiger partial charge in [-0.05, 0) is 23.6 Å². The molecule has 0 saturated carbocycles. The van der Waals surface area contributed by atoms with Crippen molar-refractivity contribution in [3.8, 4) is 0 Å². The van der Waals surface area contributed by atoms with Gasteiger partial charge in [0.15, 0.2) is 5.82 Å². The molecule has 0 fully saturated rings. The summed E-state index contributed by atoms with van der Waals surface area (Å²) in [5, 5.41) is 5.13. The van der Waals surface area contributed by atoms with Crippen molar-refractivity contribution < 1.29 is 4.79 Å². The monoisotopic (exact) mass is 277 g/mol. The number of fused-ring (bicyclic) bond motifs is 1. The van der Waals surface area contributed by atoms with Crippen molar-refractivity contribution in [3.63, 3.8) is 0 Å². The number of para-hydroxylation sites is 1. The minimum atomic E-state index is -0.236. The van der Waals surface area contributed by atoms with Gasteiger partial charge in [-0.3, -0.25) is 4.79 Å². The molecule has 1 aromatic carbocycles. The maximum atomic E-state index is 11.9. The second kappa shape index (κ2) is 4.45. The van der Waals surface area contributed by atoms with Crippen LogP contribution in [0.2, 0.25) is 0 Å². The largest absolute Gasteiger partial charge is 0.355 e. The third-order valence-electron chi connectivity index (χ3n) is 3.34. The number of aromatic nitrogens is 3. The summed E-state index contributed by atoms with van der Waals surface area (Å²) in [6, 6.07) is 9.95. The third kappa shape index (κ3) is 1.93. The van der Waals surface area contributed by atoms with Crippen LogP contribution < -0.4 is 5.43 Å². The Balaban J connectivity index is 1.79. The molecule has 0 aliphatic carbocycles. The minimum Gasteiger partial charge on any atom is -0.355 e. The van der Waals surface area contributed by atoms with Crippen molar-refractivity contribution in [1.29, 1.82) is 0 Å². The highest BCUT2D eigenvalue weighted by Crippen LogP contribution is 2.19. The Morgan fingerprint density at radius 3 is 2.90 bits per heavy atom. The van der Waals surface area contributed by atoms with Crippen LogP contribution >= 0.6 is 0 Å². The van der Waals surface area contributed by atoms with Crippen LogP contribution in [0.25, 0.3) is 17.0 Å². The number of benzene rings is 1. The van der Waals surface area contributed by atoms with E-state index in [1.807, 2.05) is 30.3 Å². The molecule has 0 spiro atoms. The lowest BCUT2D eigenvalue weighted by Crippen LogP contribution is -2.14. The Morgan fingerprint density at radius 2 is 2.10 bits per heavy atom. The maximum Gasteiger partial charge on any atom is 0.273 e. The van der Waals surface area contributed by atoms with Gasteiger partial charge >= 0.3 is 0 Å². The number of aromatic amines is 2. The Bertz CT molecular complexity index is 853. The molecule has 1 aliphatic rings. The molecule has 3 heterocycles. The zero-order chi connectivity index (χ0) is 14.2. The van der Waals surface area contributed by atoms with E-state index in [0.29, 0.717) is 17.1 Å². The molecule has 1 aliphatic heterocycles. The second-order valence-corrected chi connectivity index (χ2v) is 4.71. The number of carbonyl (C=O) groups is 1. The fourth-order valence-electron chi connectivity index (χ4n) is 2.37. The molecular formula is C15H11N5O. The lowest BCUT2D eigenvalue weighted by molar-refractivity contribution is -0.116. The molecule has 0 bridgehead atoms.